The number of ether oxygens (including phenoxy) is 1. The Morgan fingerprint density at radius 1 is 1.21 bits per heavy atom. The molecule has 2 fully saturated rings. The van der Waals surface area contributed by atoms with Gasteiger partial charge in [0.2, 0.25) is 5.91 Å². The lowest BCUT2D eigenvalue weighted by atomic mass is 9.95. The van der Waals surface area contributed by atoms with E-state index in [4.69, 9.17) is 4.74 Å². The Hall–Kier alpha value is -2.15. The minimum absolute atomic E-state index is 0.00146. The summed E-state index contributed by atoms with van der Waals surface area (Å²) in [6, 6.07) is 6.71. The Bertz CT molecular complexity index is 673. The van der Waals surface area contributed by atoms with Crippen LogP contribution in [0.4, 0.5) is 4.39 Å². The van der Waals surface area contributed by atoms with Gasteiger partial charge in [-0.3, -0.25) is 9.79 Å². The van der Waals surface area contributed by atoms with Crippen molar-refractivity contribution in [2.45, 2.75) is 57.3 Å². The van der Waals surface area contributed by atoms with E-state index < -0.39 is 0 Å². The standard InChI is InChI=1S/C21H31FN4O2/c1-15-13-26(14-19(28-15)16-8-10-17(22)11-9-16)21(23-2)24-12-20(27)25-18-6-4-3-5-7-18/h8-11,15,18-19H,3-7,12-14H2,1-2H3,(H,23,24)(H,25,27). The molecule has 0 radical (unpaired) electrons. The third-order valence-corrected chi connectivity index (χ3v) is 5.39. The van der Waals surface area contributed by atoms with E-state index in [2.05, 4.69) is 20.5 Å². The van der Waals surface area contributed by atoms with Crippen LogP contribution in [0.1, 0.15) is 50.7 Å². The van der Waals surface area contributed by atoms with Gasteiger partial charge in [0.1, 0.15) is 11.9 Å². The fourth-order valence-electron chi connectivity index (χ4n) is 4.00. The number of nitrogens with zero attached hydrogens (tertiary/aromatic N) is 2. The maximum atomic E-state index is 13.2. The number of nitrogens with one attached hydrogen (secondary N) is 2. The van der Waals surface area contributed by atoms with Crippen LogP contribution < -0.4 is 10.6 Å². The second-order valence-electron chi connectivity index (χ2n) is 7.70. The number of aliphatic imine (C=N–C) groups is 1. The van der Waals surface area contributed by atoms with E-state index in [9.17, 15) is 9.18 Å². The lowest BCUT2D eigenvalue weighted by Crippen LogP contribution is -2.52. The largest absolute Gasteiger partial charge is 0.367 e. The number of carbonyl (C=O) groups is 1. The average Bonchev–Trinajstić information content (AvgIpc) is 2.69. The van der Waals surface area contributed by atoms with Gasteiger partial charge in [-0.25, -0.2) is 4.39 Å². The minimum Gasteiger partial charge on any atom is -0.367 e. The van der Waals surface area contributed by atoms with Gasteiger partial charge in [0, 0.05) is 19.6 Å². The number of guanidine groups is 1. The summed E-state index contributed by atoms with van der Waals surface area (Å²) in [5.41, 5.74) is 0.934. The van der Waals surface area contributed by atoms with Crippen molar-refractivity contribution in [1.82, 2.24) is 15.5 Å². The summed E-state index contributed by atoms with van der Waals surface area (Å²) in [6.45, 7) is 3.49. The smallest absolute Gasteiger partial charge is 0.239 e. The lowest BCUT2D eigenvalue weighted by Gasteiger charge is -2.38. The Morgan fingerprint density at radius 3 is 2.61 bits per heavy atom. The van der Waals surface area contributed by atoms with Crippen molar-refractivity contribution in [2.24, 2.45) is 4.99 Å². The fourth-order valence-corrected chi connectivity index (χ4v) is 4.00. The molecule has 0 aromatic heterocycles. The Kier molecular flexibility index (Phi) is 7.25. The number of hydrogen-bond donors (Lipinski definition) is 2. The molecule has 3 rings (SSSR count). The summed E-state index contributed by atoms with van der Waals surface area (Å²) >= 11 is 0. The van der Waals surface area contributed by atoms with Gasteiger partial charge in [0.25, 0.3) is 0 Å². The number of carbonyl (C=O) groups excluding carboxylic acids is 1. The zero-order chi connectivity index (χ0) is 19.9. The molecular formula is C21H31FN4O2. The molecule has 1 heterocycles. The van der Waals surface area contributed by atoms with Gasteiger partial charge in [0.15, 0.2) is 5.96 Å². The zero-order valence-electron chi connectivity index (χ0n) is 16.8. The number of halogens is 1. The summed E-state index contributed by atoms with van der Waals surface area (Å²) in [5.74, 6) is 0.427. The number of rotatable bonds is 4. The van der Waals surface area contributed by atoms with Crippen LogP contribution in [-0.4, -0.2) is 55.6 Å². The molecule has 7 heteroatoms. The Morgan fingerprint density at radius 2 is 1.93 bits per heavy atom. The maximum absolute atomic E-state index is 13.2. The molecule has 2 unspecified atom stereocenters. The van der Waals surface area contributed by atoms with E-state index in [1.54, 1.807) is 19.2 Å². The zero-order valence-corrected chi connectivity index (χ0v) is 16.8. The van der Waals surface area contributed by atoms with Crippen molar-refractivity contribution in [2.75, 3.05) is 26.7 Å². The van der Waals surface area contributed by atoms with E-state index in [-0.39, 0.29) is 30.5 Å². The molecule has 1 aliphatic heterocycles. The highest BCUT2D eigenvalue weighted by atomic mass is 19.1. The van der Waals surface area contributed by atoms with Crippen molar-refractivity contribution in [1.29, 1.82) is 0 Å². The molecule has 1 aliphatic carbocycles. The van der Waals surface area contributed by atoms with Gasteiger partial charge in [-0.05, 0) is 37.5 Å². The molecule has 1 saturated heterocycles. The highest BCUT2D eigenvalue weighted by Crippen LogP contribution is 2.25. The number of benzene rings is 1. The minimum atomic E-state index is -0.258. The normalized spacial score (nSPS) is 24.1. The molecular weight excluding hydrogens is 359 g/mol. The first kappa shape index (κ1) is 20.6. The van der Waals surface area contributed by atoms with E-state index >= 15 is 0 Å². The van der Waals surface area contributed by atoms with Gasteiger partial charge in [-0.1, -0.05) is 31.4 Å². The predicted octanol–water partition coefficient (Wildman–Crippen LogP) is 2.61. The van der Waals surface area contributed by atoms with Crippen LogP contribution in [0, 0.1) is 5.82 Å². The molecule has 154 valence electrons. The lowest BCUT2D eigenvalue weighted by molar-refractivity contribution is -0.120. The number of amides is 1. The molecule has 6 nitrogen and oxygen atoms in total. The number of morpholine rings is 1. The topological polar surface area (TPSA) is 66.0 Å². The molecule has 28 heavy (non-hydrogen) atoms. The van der Waals surface area contributed by atoms with Crippen molar-refractivity contribution >= 4 is 11.9 Å². The monoisotopic (exact) mass is 390 g/mol. The van der Waals surface area contributed by atoms with Gasteiger partial charge >= 0.3 is 0 Å². The first-order chi connectivity index (χ1) is 13.5. The molecule has 2 N–H and O–H groups in total. The summed E-state index contributed by atoms with van der Waals surface area (Å²) in [6.07, 6.45) is 5.62. The quantitative estimate of drug-likeness (QED) is 0.613. The number of hydrogen-bond acceptors (Lipinski definition) is 3. The summed E-state index contributed by atoms with van der Waals surface area (Å²) in [4.78, 5) is 18.7. The fraction of sp³-hybridized carbons (Fsp3) is 0.619. The van der Waals surface area contributed by atoms with Crippen molar-refractivity contribution in [3.63, 3.8) is 0 Å². The molecule has 2 aliphatic rings. The van der Waals surface area contributed by atoms with Crippen LogP contribution in [0.3, 0.4) is 0 Å². The van der Waals surface area contributed by atoms with Crippen LogP contribution in [0.5, 0.6) is 0 Å². The second-order valence-corrected chi connectivity index (χ2v) is 7.70. The van der Waals surface area contributed by atoms with Gasteiger partial charge in [-0.15, -0.1) is 0 Å². The average molecular weight is 391 g/mol. The van der Waals surface area contributed by atoms with Crippen molar-refractivity contribution in [3.05, 3.63) is 35.6 Å². The van der Waals surface area contributed by atoms with Crippen molar-refractivity contribution < 1.29 is 13.9 Å². The molecule has 1 amide bonds. The van der Waals surface area contributed by atoms with Crippen LogP contribution in [-0.2, 0) is 9.53 Å². The van der Waals surface area contributed by atoms with Gasteiger partial charge in [0.05, 0.1) is 19.2 Å². The third kappa shape index (κ3) is 5.67. The summed E-state index contributed by atoms with van der Waals surface area (Å²) in [7, 11) is 1.72. The van der Waals surface area contributed by atoms with Crippen LogP contribution >= 0.6 is 0 Å². The summed E-state index contributed by atoms with van der Waals surface area (Å²) in [5, 5.41) is 6.29. The Balaban J connectivity index is 1.55. The molecule has 1 aromatic carbocycles. The maximum Gasteiger partial charge on any atom is 0.239 e. The van der Waals surface area contributed by atoms with E-state index in [0.717, 1.165) is 18.4 Å². The van der Waals surface area contributed by atoms with Crippen LogP contribution in [0.15, 0.2) is 29.3 Å². The van der Waals surface area contributed by atoms with Crippen molar-refractivity contribution in [3.8, 4) is 0 Å². The Labute approximate surface area is 166 Å². The predicted molar refractivity (Wildman–Crippen MR) is 108 cm³/mol. The molecule has 1 saturated carbocycles. The van der Waals surface area contributed by atoms with Gasteiger partial charge < -0.3 is 20.3 Å². The van der Waals surface area contributed by atoms with Crippen LogP contribution in [0.25, 0.3) is 0 Å². The van der Waals surface area contributed by atoms with Crippen LogP contribution in [0.2, 0.25) is 0 Å². The highest BCUT2D eigenvalue weighted by Gasteiger charge is 2.28. The highest BCUT2D eigenvalue weighted by molar-refractivity contribution is 5.86. The van der Waals surface area contributed by atoms with E-state index in [1.807, 2.05) is 6.92 Å². The van der Waals surface area contributed by atoms with Gasteiger partial charge in [-0.2, -0.15) is 0 Å². The molecule has 1 aromatic rings. The summed E-state index contributed by atoms with van der Waals surface area (Å²) < 4.78 is 19.3. The van der Waals surface area contributed by atoms with E-state index in [1.165, 1.54) is 31.4 Å². The molecule has 2 atom stereocenters. The molecule has 0 bridgehead atoms. The van der Waals surface area contributed by atoms with E-state index in [0.29, 0.717) is 25.1 Å². The second kappa shape index (κ2) is 9.87. The third-order valence-electron chi connectivity index (χ3n) is 5.39. The first-order valence-electron chi connectivity index (χ1n) is 10.2. The molecule has 0 spiro atoms. The SMILES string of the molecule is CN=C(NCC(=O)NC1CCCCC1)N1CC(C)OC(c2ccc(F)cc2)C1. The first-order valence-corrected chi connectivity index (χ1v) is 10.2.